The van der Waals surface area contributed by atoms with Crippen LogP contribution in [-0.2, 0) is 0 Å². The Morgan fingerprint density at radius 3 is 2.92 bits per heavy atom. The lowest BCUT2D eigenvalue weighted by Gasteiger charge is -2.24. The molecule has 1 aliphatic heterocycles. The van der Waals surface area contributed by atoms with Crippen LogP contribution < -0.4 is 5.46 Å². The molecule has 0 saturated carbocycles. The molecule has 3 heteroatoms. The zero-order valence-electron chi connectivity index (χ0n) is 7.36. The van der Waals surface area contributed by atoms with Crippen molar-refractivity contribution >= 4 is 18.5 Å². The fourth-order valence-electron chi connectivity index (χ4n) is 1.46. The summed E-state index contributed by atoms with van der Waals surface area (Å²) >= 11 is 0. The van der Waals surface area contributed by atoms with Crippen LogP contribution in [0.2, 0.25) is 6.82 Å². The standard InChI is InChI=1S/C9H11BN2/c1-10-9-6-4-3-5-8(9)7-11-12(10)2/h3-7H,1-2H3. The summed E-state index contributed by atoms with van der Waals surface area (Å²) in [5.41, 5.74) is 2.60. The molecule has 60 valence electrons. The molecule has 0 fully saturated rings. The fourth-order valence-corrected chi connectivity index (χ4v) is 1.46. The molecule has 12 heavy (non-hydrogen) atoms. The minimum absolute atomic E-state index is 0.395. The van der Waals surface area contributed by atoms with Crippen LogP contribution in [0.25, 0.3) is 0 Å². The summed E-state index contributed by atoms with van der Waals surface area (Å²) in [5.74, 6) is 0. The van der Waals surface area contributed by atoms with E-state index in [0.29, 0.717) is 6.85 Å². The van der Waals surface area contributed by atoms with E-state index in [0.717, 1.165) is 0 Å². The van der Waals surface area contributed by atoms with E-state index < -0.39 is 0 Å². The third-order valence-electron chi connectivity index (χ3n) is 2.39. The molecule has 0 aliphatic carbocycles. The molecular weight excluding hydrogens is 147 g/mol. The molecule has 2 nitrogen and oxygen atoms in total. The molecule has 2 rings (SSSR count). The lowest BCUT2D eigenvalue weighted by Crippen LogP contribution is -2.45. The minimum atomic E-state index is 0.395. The Bertz CT molecular complexity index is 322. The van der Waals surface area contributed by atoms with Gasteiger partial charge in [0.1, 0.15) is 0 Å². The van der Waals surface area contributed by atoms with Gasteiger partial charge in [-0.25, -0.2) is 0 Å². The van der Waals surface area contributed by atoms with E-state index in [2.05, 4.69) is 30.1 Å². The van der Waals surface area contributed by atoms with E-state index in [1.807, 2.05) is 24.2 Å². The van der Waals surface area contributed by atoms with Gasteiger partial charge in [-0.05, 0) is 11.0 Å². The molecule has 1 heterocycles. The van der Waals surface area contributed by atoms with Crippen molar-refractivity contribution in [3.63, 3.8) is 0 Å². The van der Waals surface area contributed by atoms with Crippen LogP contribution in [0.15, 0.2) is 29.4 Å². The lowest BCUT2D eigenvalue weighted by atomic mass is 9.56. The first-order chi connectivity index (χ1) is 5.79. The van der Waals surface area contributed by atoms with Crippen molar-refractivity contribution in [1.82, 2.24) is 4.92 Å². The number of fused-ring (bicyclic) bond motifs is 1. The van der Waals surface area contributed by atoms with Gasteiger partial charge in [0.15, 0.2) is 0 Å². The van der Waals surface area contributed by atoms with E-state index in [1.165, 1.54) is 11.0 Å². The summed E-state index contributed by atoms with van der Waals surface area (Å²) in [7, 11) is 2.00. The van der Waals surface area contributed by atoms with E-state index >= 15 is 0 Å². The van der Waals surface area contributed by atoms with Gasteiger partial charge in [-0.15, -0.1) is 0 Å². The third-order valence-corrected chi connectivity index (χ3v) is 2.39. The highest BCUT2D eigenvalue weighted by atomic mass is 15.4. The molecule has 0 unspecified atom stereocenters. The molecule has 0 bridgehead atoms. The van der Waals surface area contributed by atoms with Crippen molar-refractivity contribution < 1.29 is 0 Å². The average molecular weight is 158 g/mol. The van der Waals surface area contributed by atoms with Gasteiger partial charge < -0.3 is 4.92 Å². The normalized spacial score (nSPS) is 14.8. The Morgan fingerprint density at radius 2 is 2.08 bits per heavy atom. The minimum Gasteiger partial charge on any atom is -0.337 e. The van der Waals surface area contributed by atoms with E-state index in [9.17, 15) is 0 Å². The molecular formula is C9H11BN2. The summed E-state index contributed by atoms with van der Waals surface area (Å²) < 4.78 is 0. The first-order valence-electron chi connectivity index (χ1n) is 4.15. The topological polar surface area (TPSA) is 15.6 Å². The van der Waals surface area contributed by atoms with Crippen molar-refractivity contribution in [2.45, 2.75) is 6.82 Å². The van der Waals surface area contributed by atoms with Gasteiger partial charge in [-0.3, -0.25) is 0 Å². The van der Waals surface area contributed by atoms with Crippen LogP contribution in [-0.4, -0.2) is 25.0 Å². The SMILES string of the molecule is CB1c2ccccc2C=NN1C. The van der Waals surface area contributed by atoms with Gasteiger partial charge in [0, 0.05) is 7.05 Å². The summed E-state index contributed by atoms with van der Waals surface area (Å²) in [4.78, 5) is 1.97. The van der Waals surface area contributed by atoms with Gasteiger partial charge in [-0.2, -0.15) is 5.10 Å². The molecule has 1 aromatic rings. The molecule has 0 saturated heterocycles. The lowest BCUT2D eigenvalue weighted by molar-refractivity contribution is 0.571. The summed E-state index contributed by atoms with van der Waals surface area (Å²) in [6.45, 7) is 2.56. The highest BCUT2D eigenvalue weighted by molar-refractivity contribution is 6.71. The van der Waals surface area contributed by atoms with Crippen LogP contribution in [0.5, 0.6) is 0 Å². The second kappa shape index (κ2) is 2.66. The predicted molar refractivity (Wildman–Crippen MR) is 53.1 cm³/mol. The van der Waals surface area contributed by atoms with Crippen molar-refractivity contribution in [3.05, 3.63) is 29.8 Å². The second-order valence-corrected chi connectivity index (χ2v) is 3.12. The van der Waals surface area contributed by atoms with Gasteiger partial charge >= 0.3 is 6.85 Å². The summed E-state index contributed by atoms with van der Waals surface area (Å²) in [6.07, 6.45) is 1.91. The zero-order chi connectivity index (χ0) is 8.55. The van der Waals surface area contributed by atoms with Gasteiger partial charge in [0.05, 0.1) is 6.21 Å². The quantitative estimate of drug-likeness (QED) is 0.509. The van der Waals surface area contributed by atoms with Gasteiger partial charge in [0.25, 0.3) is 0 Å². The molecule has 0 amide bonds. The molecule has 1 aliphatic rings. The fraction of sp³-hybridized carbons (Fsp3) is 0.222. The Balaban J connectivity index is 2.52. The Morgan fingerprint density at radius 1 is 1.33 bits per heavy atom. The van der Waals surface area contributed by atoms with Crippen molar-refractivity contribution in [3.8, 4) is 0 Å². The highest BCUT2D eigenvalue weighted by Gasteiger charge is 2.20. The smallest absolute Gasteiger partial charge is 0.306 e. The first-order valence-corrected chi connectivity index (χ1v) is 4.15. The largest absolute Gasteiger partial charge is 0.337 e. The van der Waals surface area contributed by atoms with Gasteiger partial charge in [0.2, 0.25) is 0 Å². The number of hydrogen-bond donors (Lipinski definition) is 0. The van der Waals surface area contributed by atoms with Crippen molar-refractivity contribution in [1.29, 1.82) is 0 Å². The Labute approximate surface area is 73.0 Å². The number of nitrogens with zero attached hydrogens (tertiary/aromatic N) is 2. The molecule has 0 aromatic heterocycles. The Kier molecular flexibility index (Phi) is 1.64. The molecule has 0 atom stereocenters. The maximum absolute atomic E-state index is 4.26. The van der Waals surface area contributed by atoms with Crippen LogP contribution in [0.3, 0.4) is 0 Å². The molecule has 0 spiro atoms. The molecule has 1 aromatic carbocycles. The number of benzene rings is 1. The predicted octanol–water partition coefficient (Wildman–Crippen LogP) is 0.794. The maximum atomic E-state index is 4.26. The van der Waals surface area contributed by atoms with Crippen LogP contribution in [0.1, 0.15) is 5.56 Å². The maximum Gasteiger partial charge on any atom is 0.306 e. The van der Waals surface area contributed by atoms with E-state index in [1.54, 1.807) is 0 Å². The highest BCUT2D eigenvalue weighted by Crippen LogP contribution is 2.04. The number of rotatable bonds is 0. The first kappa shape index (κ1) is 7.41. The third kappa shape index (κ3) is 1.02. The zero-order valence-corrected chi connectivity index (χ0v) is 7.36. The Hall–Kier alpha value is -1.25. The van der Waals surface area contributed by atoms with Gasteiger partial charge in [-0.1, -0.05) is 31.1 Å². The second-order valence-electron chi connectivity index (χ2n) is 3.12. The van der Waals surface area contributed by atoms with Crippen molar-refractivity contribution in [2.75, 3.05) is 7.05 Å². The summed E-state index contributed by atoms with van der Waals surface area (Å²) in [6, 6.07) is 8.37. The van der Waals surface area contributed by atoms with Crippen LogP contribution >= 0.6 is 0 Å². The van der Waals surface area contributed by atoms with Crippen LogP contribution in [0.4, 0.5) is 0 Å². The summed E-state index contributed by atoms with van der Waals surface area (Å²) in [5, 5.41) is 4.26. The van der Waals surface area contributed by atoms with E-state index in [4.69, 9.17) is 0 Å². The van der Waals surface area contributed by atoms with Crippen LogP contribution in [0, 0.1) is 0 Å². The molecule has 0 radical (unpaired) electrons. The number of hydrazone groups is 1. The monoisotopic (exact) mass is 158 g/mol. The van der Waals surface area contributed by atoms with E-state index in [-0.39, 0.29) is 0 Å². The molecule has 0 N–H and O–H groups in total. The average Bonchev–Trinajstić information content (AvgIpc) is 2.12. The van der Waals surface area contributed by atoms with Crippen molar-refractivity contribution in [2.24, 2.45) is 5.10 Å². The number of hydrogen-bond acceptors (Lipinski definition) is 2.